The van der Waals surface area contributed by atoms with Crippen LogP contribution in [-0.4, -0.2) is 42.4 Å². The number of nitro groups is 1. The first-order chi connectivity index (χ1) is 9.86. The molecular weight excluding hydrogens is 303 g/mol. The number of aliphatic hydroxyl groups excluding tert-OH is 1. The molecule has 0 amide bonds. The van der Waals surface area contributed by atoms with Crippen molar-refractivity contribution in [3.63, 3.8) is 0 Å². The molecule has 0 saturated carbocycles. The predicted octanol–water partition coefficient (Wildman–Crippen LogP) is 1.13. The first-order valence-electron chi connectivity index (χ1n) is 6.41. The molecule has 9 heteroatoms. The third-order valence-electron chi connectivity index (χ3n) is 3.48. The first kappa shape index (κ1) is 15.8. The van der Waals surface area contributed by atoms with Gasteiger partial charge in [0.25, 0.3) is 5.69 Å². The van der Waals surface area contributed by atoms with E-state index < -0.39 is 31.3 Å². The number of hydrogen-bond donors (Lipinski definition) is 1. The molecule has 1 fully saturated rings. The molecule has 1 aliphatic rings. The molecule has 0 aromatic heterocycles. The fourth-order valence-electron chi connectivity index (χ4n) is 2.35. The number of nitro benzene ring substituents is 1. The molecule has 0 spiro atoms. The Morgan fingerprint density at radius 3 is 2.76 bits per heavy atom. The van der Waals surface area contributed by atoms with Gasteiger partial charge in [-0.25, -0.2) is 12.8 Å². The zero-order valence-electron chi connectivity index (χ0n) is 11.1. The quantitative estimate of drug-likeness (QED) is 0.662. The van der Waals surface area contributed by atoms with Gasteiger partial charge in [0.2, 0.25) is 10.0 Å². The average molecular weight is 318 g/mol. The van der Waals surface area contributed by atoms with E-state index in [1.165, 1.54) is 0 Å². The van der Waals surface area contributed by atoms with E-state index in [0.717, 1.165) is 16.4 Å². The van der Waals surface area contributed by atoms with Gasteiger partial charge in [0.15, 0.2) is 0 Å². The van der Waals surface area contributed by atoms with Crippen molar-refractivity contribution < 1.29 is 22.8 Å². The maximum Gasteiger partial charge on any atom is 0.272 e. The normalized spacial score (nSPS) is 20.4. The number of rotatable bonds is 4. The lowest BCUT2D eigenvalue weighted by Crippen LogP contribution is -2.41. The molecule has 116 valence electrons. The average Bonchev–Trinajstić information content (AvgIpc) is 2.46. The van der Waals surface area contributed by atoms with E-state index in [2.05, 4.69) is 0 Å². The topological polar surface area (TPSA) is 101 Å². The van der Waals surface area contributed by atoms with Gasteiger partial charge in [0.05, 0.1) is 11.0 Å². The third kappa shape index (κ3) is 3.20. The molecule has 1 N–H and O–H groups in total. The van der Waals surface area contributed by atoms with E-state index in [1.54, 1.807) is 0 Å². The Kier molecular flexibility index (Phi) is 4.55. The Morgan fingerprint density at radius 2 is 2.19 bits per heavy atom. The van der Waals surface area contributed by atoms with Gasteiger partial charge < -0.3 is 5.11 Å². The lowest BCUT2D eigenvalue weighted by Gasteiger charge is -2.30. The summed E-state index contributed by atoms with van der Waals surface area (Å²) in [5.41, 5.74) is -0.502. The molecule has 1 saturated heterocycles. The minimum absolute atomic E-state index is 0.120. The summed E-state index contributed by atoms with van der Waals surface area (Å²) in [4.78, 5) is 9.18. The van der Waals surface area contributed by atoms with E-state index in [-0.39, 0.29) is 25.6 Å². The fraction of sp³-hybridized carbons (Fsp3) is 0.500. The van der Waals surface area contributed by atoms with E-state index in [9.17, 15) is 22.9 Å². The van der Waals surface area contributed by atoms with E-state index in [1.807, 2.05) is 0 Å². The van der Waals surface area contributed by atoms with Crippen LogP contribution in [0, 0.1) is 21.8 Å². The number of halogens is 1. The number of aliphatic hydroxyl groups is 1. The predicted molar refractivity (Wildman–Crippen MR) is 71.6 cm³/mol. The molecule has 1 unspecified atom stereocenters. The Balaban J connectivity index is 2.33. The summed E-state index contributed by atoms with van der Waals surface area (Å²) in [6.07, 6.45) is 1.30. The number of benzene rings is 1. The van der Waals surface area contributed by atoms with Crippen molar-refractivity contribution in [3.8, 4) is 0 Å². The SMILES string of the molecule is O=[N+]([O-])c1ccc(S(=O)(=O)N2CCCC(CO)C2)c(F)c1. The highest BCUT2D eigenvalue weighted by Gasteiger charge is 2.32. The molecule has 7 nitrogen and oxygen atoms in total. The lowest BCUT2D eigenvalue weighted by molar-refractivity contribution is -0.385. The molecule has 21 heavy (non-hydrogen) atoms. The second-order valence-corrected chi connectivity index (χ2v) is 6.83. The van der Waals surface area contributed by atoms with Crippen molar-refractivity contribution in [2.24, 2.45) is 5.92 Å². The summed E-state index contributed by atoms with van der Waals surface area (Å²) < 4.78 is 39.8. The van der Waals surface area contributed by atoms with Crippen LogP contribution in [0.15, 0.2) is 23.1 Å². The van der Waals surface area contributed by atoms with Gasteiger partial charge in [-0.3, -0.25) is 10.1 Å². The lowest BCUT2D eigenvalue weighted by atomic mass is 10.0. The zero-order valence-corrected chi connectivity index (χ0v) is 11.9. The van der Waals surface area contributed by atoms with E-state index in [4.69, 9.17) is 5.11 Å². The summed E-state index contributed by atoms with van der Waals surface area (Å²) >= 11 is 0. The van der Waals surface area contributed by atoms with Crippen LogP contribution < -0.4 is 0 Å². The van der Waals surface area contributed by atoms with Gasteiger partial charge in [-0.15, -0.1) is 0 Å². The fourth-order valence-corrected chi connectivity index (χ4v) is 3.95. The summed E-state index contributed by atoms with van der Waals surface area (Å²) in [6.45, 7) is 0.235. The van der Waals surface area contributed by atoms with Gasteiger partial charge in [-0.05, 0) is 24.8 Å². The number of sulfonamides is 1. The molecular formula is C12H15FN2O5S. The standard InChI is InChI=1S/C12H15FN2O5S/c13-11-6-10(15(17)18)3-4-12(11)21(19,20)14-5-1-2-9(7-14)8-16/h3-4,6,9,16H,1-2,5,7-8H2. The van der Waals surface area contributed by atoms with Crippen molar-refractivity contribution in [2.45, 2.75) is 17.7 Å². The number of piperidine rings is 1. The number of hydrogen-bond acceptors (Lipinski definition) is 5. The Hall–Kier alpha value is -1.58. The minimum Gasteiger partial charge on any atom is -0.396 e. The largest absolute Gasteiger partial charge is 0.396 e. The second kappa shape index (κ2) is 6.04. The summed E-state index contributed by atoms with van der Waals surface area (Å²) in [6, 6.07) is 2.47. The molecule has 0 radical (unpaired) electrons. The first-order valence-corrected chi connectivity index (χ1v) is 7.85. The third-order valence-corrected chi connectivity index (χ3v) is 5.38. The van der Waals surface area contributed by atoms with Crippen LogP contribution in [0.4, 0.5) is 10.1 Å². The molecule has 1 aromatic carbocycles. The van der Waals surface area contributed by atoms with Gasteiger partial charge in [0.1, 0.15) is 10.7 Å². The van der Waals surface area contributed by atoms with Crippen molar-refractivity contribution in [1.29, 1.82) is 0 Å². The van der Waals surface area contributed by atoms with Crippen LogP contribution in [-0.2, 0) is 10.0 Å². The molecule has 1 aromatic rings. The minimum atomic E-state index is -4.05. The Morgan fingerprint density at radius 1 is 1.48 bits per heavy atom. The number of non-ortho nitro benzene ring substituents is 1. The molecule has 1 aliphatic heterocycles. The molecule has 1 heterocycles. The van der Waals surface area contributed by atoms with Crippen LogP contribution in [0.3, 0.4) is 0 Å². The Labute approximate surface area is 121 Å². The molecule has 1 atom stereocenters. The highest BCUT2D eigenvalue weighted by Crippen LogP contribution is 2.27. The van der Waals surface area contributed by atoms with Crippen molar-refractivity contribution >= 4 is 15.7 Å². The summed E-state index contributed by atoms with van der Waals surface area (Å²) in [7, 11) is -4.05. The van der Waals surface area contributed by atoms with Gasteiger partial charge in [-0.1, -0.05) is 0 Å². The smallest absolute Gasteiger partial charge is 0.272 e. The van der Waals surface area contributed by atoms with Crippen molar-refractivity contribution in [3.05, 3.63) is 34.1 Å². The molecule has 0 bridgehead atoms. The Bertz CT molecular complexity index is 649. The van der Waals surface area contributed by atoms with Crippen molar-refractivity contribution in [2.75, 3.05) is 19.7 Å². The highest BCUT2D eigenvalue weighted by molar-refractivity contribution is 7.89. The highest BCUT2D eigenvalue weighted by atomic mass is 32.2. The van der Waals surface area contributed by atoms with E-state index >= 15 is 0 Å². The van der Waals surface area contributed by atoms with Crippen LogP contribution in [0.25, 0.3) is 0 Å². The van der Waals surface area contributed by atoms with Crippen LogP contribution in [0.5, 0.6) is 0 Å². The van der Waals surface area contributed by atoms with E-state index in [0.29, 0.717) is 18.9 Å². The maximum atomic E-state index is 13.9. The zero-order chi connectivity index (χ0) is 15.6. The number of nitrogens with zero attached hydrogens (tertiary/aromatic N) is 2. The van der Waals surface area contributed by atoms with Crippen LogP contribution in [0.1, 0.15) is 12.8 Å². The second-order valence-electron chi connectivity index (χ2n) is 4.93. The summed E-state index contributed by atoms with van der Waals surface area (Å²) in [5, 5.41) is 19.7. The van der Waals surface area contributed by atoms with Crippen LogP contribution >= 0.6 is 0 Å². The molecule has 2 rings (SSSR count). The van der Waals surface area contributed by atoms with Gasteiger partial charge >= 0.3 is 0 Å². The summed E-state index contributed by atoms with van der Waals surface area (Å²) in [5.74, 6) is -1.31. The van der Waals surface area contributed by atoms with Crippen molar-refractivity contribution in [1.82, 2.24) is 4.31 Å². The maximum absolute atomic E-state index is 13.9. The van der Waals surface area contributed by atoms with Gasteiger partial charge in [0, 0.05) is 25.8 Å². The van der Waals surface area contributed by atoms with Crippen LogP contribution in [0.2, 0.25) is 0 Å². The molecule has 0 aliphatic carbocycles. The van der Waals surface area contributed by atoms with Gasteiger partial charge in [-0.2, -0.15) is 4.31 Å². The monoisotopic (exact) mass is 318 g/mol.